The summed E-state index contributed by atoms with van der Waals surface area (Å²) in [5.74, 6) is 1.11. The third-order valence-electron chi connectivity index (χ3n) is 4.47. The van der Waals surface area contributed by atoms with Gasteiger partial charge < -0.3 is 0 Å². The van der Waals surface area contributed by atoms with Crippen LogP contribution in [-0.4, -0.2) is 5.78 Å². The lowest BCUT2D eigenvalue weighted by atomic mass is 9.77. The zero-order chi connectivity index (χ0) is 11.7. The molecule has 0 bridgehead atoms. The van der Waals surface area contributed by atoms with Crippen molar-refractivity contribution in [1.29, 1.82) is 0 Å². The van der Waals surface area contributed by atoms with Crippen LogP contribution >= 0.6 is 0 Å². The molecular weight excluding hydrogens is 208 g/mol. The van der Waals surface area contributed by atoms with E-state index in [1.54, 1.807) is 0 Å². The van der Waals surface area contributed by atoms with Gasteiger partial charge in [0.1, 0.15) is 5.78 Å². The first-order chi connectivity index (χ1) is 8.36. The first-order valence-electron chi connectivity index (χ1n) is 6.98. The average Bonchev–Trinajstić information content (AvgIpc) is 2.91. The Hall–Kier alpha value is -1.11. The van der Waals surface area contributed by atoms with E-state index in [0.717, 1.165) is 25.7 Å². The topological polar surface area (TPSA) is 17.1 Å². The molecule has 2 aliphatic rings. The van der Waals surface area contributed by atoms with Gasteiger partial charge in [-0.25, -0.2) is 0 Å². The molecule has 1 fully saturated rings. The van der Waals surface area contributed by atoms with Crippen LogP contribution in [0.1, 0.15) is 55.6 Å². The van der Waals surface area contributed by atoms with Crippen LogP contribution in [0.4, 0.5) is 0 Å². The Bertz CT molecular complexity index is 415. The summed E-state index contributed by atoms with van der Waals surface area (Å²) < 4.78 is 0. The van der Waals surface area contributed by atoms with Crippen molar-refractivity contribution in [2.45, 2.75) is 50.9 Å². The molecule has 1 heteroatoms. The van der Waals surface area contributed by atoms with Gasteiger partial charge in [0.15, 0.2) is 0 Å². The summed E-state index contributed by atoms with van der Waals surface area (Å²) in [7, 11) is 0. The summed E-state index contributed by atoms with van der Waals surface area (Å²) >= 11 is 0. The van der Waals surface area contributed by atoms with E-state index in [1.807, 2.05) is 0 Å². The molecule has 0 aliphatic heterocycles. The van der Waals surface area contributed by atoms with Crippen LogP contribution in [-0.2, 0) is 11.2 Å². The van der Waals surface area contributed by atoms with E-state index in [0.29, 0.717) is 11.7 Å². The molecule has 1 atom stereocenters. The number of carbonyl (C=O) groups is 1. The number of benzene rings is 1. The zero-order valence-electron chi connectivity index (χ0n) is 10.3. The molecule has 1 aromatic rings. The fourth-order valence-corrected chi connectivity index (χ4v) is 3.54. The second kappa shape index (κ2) is 4.64. The van der Waals surface area contributed by atoms with E-state index in [1.165, 1.54) is 30.4 Å². The van der Waals surface area contributed by atoms with Crippen molar-refractivity contribution < 1.29 is 4.79 Å². The Kier molecular flexibility index (Phi) is 3.00. The highest BCUT2D eigenvalue weighted by Gasteiger charge is 2.32. The Balaban J connectivity index is 1.86. The van der Waals surface area contributed by atoms with Crippen molar-refractivity contribution in [1.82, 2.24) is 0 Å². The van der Waals surface area contributed by atoms with Crippen LogP contribution in [0.25, 0.3) is 0 Å². The molecule has 0 aromatic heterocycles. The van der Waals surface area contributed by atoms with Gasteiger partial charge in [0, 0.05) is 11.8 Å². The van der Waals surface area contributed by atoms with Crippen LogP contribution in [0.5, 0.6) is 0 Å². The standard InChI is InChI=1S/C16H20O/c17-16(13-7-1-2-8-13)15-11-5-9-12-6-3-4-10-14(12)15/h3-4,6,10,13,15H,1-2,5,7-9,11H2. The van der Waals surface area contributed by atoms with E-state index in [4.69, 9.17) is 0 Å². The highest BCUT2D eigenvalue weighted by Crippen LogP contribution is 2.37. The number of Topliss-reactive ketones (excluding diaryl/α,β-unsaturated/α-hetero) is 1. The normalized spacial score (nSPS) is 24.6. The third-order valence-corrected chi connectivity index (χ3v) is 4.47. The molecule has 1 aromatic carbocycles. The molecule has 90 valence electrons. The summed E-state index contributed by atoms with van der Waals surface area (Å²) in [5, 5.41) is 0. The maximum Gasteiger partial charge on any atom is 0.143 e. The Labute approximate surface area is 103 Å². The maximum absolute atomic E-state index is 12.6. The number of hydrogen-bond donors (Lipinski definition) is 0. The molecule has 3 rings (SSSR count). The highest BCUT2D eigenvalue weighted by molar-refractivity contribution is 5.88. The minimum atomic E-state index is 0.211. The molecule has 0 amide bonds. The van der Waals surface area contributed by atoms with E-state index in [9.17, 15) is 4.79 Å². The number of rotatable bonds is 2. The van der Waals surface area contributed by atoms with Crippen LogP contribution < -0.4 is 0 Å². The lowest BCUT2D eigenvalue weighted by Gasteiger charge is -2.26. The molecule has 0 N–H and O–H groups in total. The summed E-state index contributed by atoms with van der Waals surface area (Å²) in [6, 6.07) is 8.55. The van der Waals surface area contributed by atoms with Crippen molar-refractivity contribution in [2.24, 2.45) is 5.92 Å². The second-order valence-electron chi connectivity index (χ2n) is 5.53. The minimum Gasteiger partial charge on any atom is -0.299 e. The molecule has 2 aliphatic carbocycles. The van der Waals surface area contributed by atoms with E-state index < -0.39 is 0 Å². The fourth-order valence-electron chi connectivity index (χ4n) is 3.54. The van der Waals surface area contributed by atoms with E-state index in [2.05, 4.69) is 24.3 Å². The average molecular weight is 228 g/mol. The fraction of sp³-hybridized carbons (Fsp3) is 0.562. The Morgan fingerprint density at radius 3 is 2.59 bits per heavy atom. The molecule has 1 unspecified atom stereocenters. The molecule has 1 saturated carbocycles. The smallest absolute Gasteiger partial charge is 0.143 e. The van der Waals surface area contributed by atoms with Crippen LogP contribution in [0.2, 0.25) is 0 Å². The SMILES string of the molecule is O=C(C1CCCC1)C1CCCc2ccccc21. The number of fused-ring (bicyclic) bond motifs is 1. The molecule has 0 spiro atoms. The summed E-state index contributed by atoms with van der Waals surface area (Å²) in [4.78, 5) is 12.6. The highest BCUT2D eigenvalue weighted by atomic mass is 16.1. The van der Waals surface area contributed by atoms with Gasteiger partial charge in [0.25, 0.3) is 0 Å². The number of aryl methyl sites for hydroxylation is 1. The maximum atomic E-state index is 12.6. The molecule has 0 heterocycles. The summed E-state index contributed by atoms with van der Waals surface area (Å²) in [6.45, 7) is 0. The molecule has 1 nitrogen and oxygen atoms in total. The molecule has 0 saturated heterocycles. The van der Waals surface area contributed by atoms with Gasteiger partial charge in [-0.3, -0.25) is 4.79 Å². The number of hydrogen-bond acceptors (Lipinski definition) is 1. The van der Waals surface area contributed by atoms with Crippen molar-refractivity contribution in [3.05, 3.63) is 35.4 Å². The predicted molar refractivity (Wildman–Crippen MR) is 69.1 cm³/mol. The van der Waals surface area contributed by atoms with Crippen LogP contribution in [0.3, 0.4) is 0 Å². The predicted octanol–water partition coefficient (Wildman–Crippen LogP) is 3.87. The zero-order valence-corrected chi connectivity index (χ0v) is 10.3. The quantitative estimate of drug-likeness (QED) is 0.751. The van der Waals surface area contributed by atoms with E-state index in [-0.39, 0.29) is 5.92 Å². The molecule has 0 radical (unpaired) electrons. The van der Waals surface area contributed by atoms with Crippen molar-refractivity contribution in [3.63, 3.8) is 0 Å². The first-order valence-corrected chi connectivity index (χ1v) is 6.98. The van der Waals surface area contributed by atoms with Gasteiger partial charge in [-0.1, -0.05) is 37.1 Å². The van der Waals surface area contributed by atoms with Crippen molar-refractivity contribution >= 4 is 5.78 Å². The Morgan fingerprint density at radius 1 is 1.00 bits per heavy atom. The first kappa shape index (κ1) is 11.0. The van der Waals surface area contributed by atoms with Gasteiger partial charge >= 0.3 is 0 Å². The second-order valence-corrected chi connectivity index (χ2v) is 5.53. The van der Waals surface area contributed by atoms with Gasteiger partial charge in [-0.05, 0) is 43.2 Å². The van der Waals surface area contributed by atoms with Gasteiger partial charge in [-0.2, -0.15) is 0 Å². The summed E-state index contributed by atoms with van der Waals surface area (Å²) in [5.41, 5.74) is 2.74. The van der Waals surface area contributed by atoms with Gasteiger partial charge in [-0.15, -0.1) is 0 Å². The monoisotopic (exact) mass is 228 g/mol. The summed E-state index contributed by atoms with van der Waals surface area (Å²) in [6.07, 6.45) is 8.20. The Morgan fingerprint density at radius 2 is 1.76 bits per heavy atom. The molecule has 17 heavy (non-hydrogen) atoms. The lowest BCUT2D eigenvalue weighted by molar-refractivity contribution is -0.124. The van der Waals surface area contributed by atoms with Crippen molar-refractivity contribution in [2.75, 3.05) is 0 Å². The minimum absolute atomic E-state index is 0.211. The van der Waals surface area contributed by atoms with Crippen LogP contribution in [0.15, 0.2) is 24.3 Å². The third kappa shape index (κ3) is 2.03. The number of carbonyl (C=O) groups excluding carboxylic acids is 1. The van der Waals surface area contributed by atoms with Gasteiger partial charge in [0.2, 0.25) is 0 Å². The number of ketones is 1. The van der Waals surface area contributed by atoms with Crippen molar-refractivity contribution in [3.8, 4) is 0 Å². The molecular formula is C16H20O. The lowest BCUT2D eigenvalue weighted by Crippen LogP contribution is -2.23. The largest absolute Gasteiger partial charge is 0.299 e. The van der Waals surface area contributed by atoms with E-state index >= 15 is 0 Å². The van der Waals surface area contributed by atoms with Gasteiger partial charge in [0.05, 0.1) is 0 Å². The van der Waals surface area contributed by atoms with Crippen LogP contribution in [0, 0.1) is 5.92 Å².